The van der Waals surface area contributed by atoms with Crippen molar-refractivity contribution >= 4 is 54.2 Å². The highest BCUT2D eigenvalue weighted by atomic mass is 35.5. The Hall–Kier alpha value is -1.22. The van der Waals surface area contributed by atoms with Gasteiger partial charge in [-0.2, -0.15) is 0 Å². The average molecular weight is 332 g/mol. The average Bonchev–Trinajstić information content (AvgIpc) is 2.90. The molecule has 106 valence electrons. The molecule has 2 heterocycles. The van der Waals surface area contributed by atoms with Crippen molar-refractivity contribution in [2.75, 3.05) is 11.4 Å². The molecular formula is C11H10ClN3O3S2. The normalized spacial score (nSPS) is 20.0. The fourth-order valence-electron chi connectivity index (χ4n) is 2.08. The molecule has 0 aliphatic carbocycles. The fourth-order valence-corrected chi connectivity index (χ4v) is 4.08. The lowest BCUT2D eigenvalue weighted by Gasteiger charge is -2.11. The molecule has 2 aromatic rings. The van der Waals surface area contributed by atoms with Crippen LogP contribution in [-0.4, -0.2) is 31.1 Å². The molecule has 1 atom stereocenters. The van der Waals surface area contributed by atoms with E-state index >= 15 is 0 Å². The van der Waals surface area contributed by atoms with Gasteiger partial charge in [-0.3, -0.25) is 9.69 Å². The minimum atomic E-state index is -3.72. The van der Waals surface area contributed by atoms with E-state index in [0.29, 0.717) is 10.2 Å². The second-order valence-corrected chi connectivity index (χ2v) is 7.82. The van der Waals surface area contributed by atoms with Crippen molar-refractivity contribution in [2.24, 2.45) is 5.14 Å². The number of nitrogens with two attached hydrogens (primary N) is 1. The molecule has 9 heteroatoms. The quantitative estimate of drug-likeness (QED) is 0.898. The molecule has 3 rings (SSSR count). The van der Waals surface area contributed by atoms with Crippen LogP contribution in [0.1, 0.15) is 6.42 Å². The minimum Gasteiger partial charge on any atom is -0.287 e. The summed E-state index contributed by atoms with van der Waals surface area (Å²) in [6, 6.07) is 5.23. The van der Waals surface area contributed by atoms with E-state index in [1.54, 1.807) is 18.2 Å². The van der Waals surface area contributed by atoms with Crippen LogP contribution in [0.3, 0.4) is 0 Å². The first-order chi connectivity index (χ1) is 9.34. The first-order valence-corrected chi connectivity index (χ1v) is 8.53. The van der Waals surface area contributed by atoms with Crippen LogP contribution in [0.4, 0.5) is 5.13 Å². The maximum atomic E-state index is 11.9. The maximum Gasteiger partial charge on any atom is 0.230 e. The van der Waals surface area contributed by atoms with Gasteiger partial charge in [0.1, 0.15) is 5.25 Å². The lowest BCUT2D eigenvalue weighted by molar-refractivity contribution is -0.117. The molecule has 0 saturated carbocycles. The van der Waals surface area contributed by atoms with Crippen LogP contribution in [0.2, 0.25) is 5.02 Å². The summed E-state index contributed by atoms with van der Waals surface area (Å²) in [6.07, 6.45) is -0.102. The zero-order valence-electron chi connectivity index (χ0n) is 10.1. The van der Waals surface area contributed by atoms with E-state index in [9.17, 15) is 13.2 Å². The number of aromatic nitrogens is 1. The van der Waals surface area contributed by atoms with Crippen molar-refractivity contribution < 1.29 is 13.2 Å². The van der Waals surface area contributed by atoms with Gasteiger partial charge in [0, 0.05) is 18.0 Å². The summed E-state index contributed by atoms with van der Waals surface area (Å²) in [5.41, 5.74) is 0.723. The van der Waals surface area contributed by atoms with E-state index < -0.39 is 15.3 Å². The Labute approximate surface area is 124 Å². The molecule has 6 nitrogen and oxygen atoms in total. The SMILES string of the molecule is NS(=O)(=O)C1CC(=O)N(c2nc3ccc(Cl)cc3s2)C1. The number of amides is 1. The third-order valence-electron chi connectivity index (χ3n) is 3.12. The van der Waals surface area contributed by atoms with Crippen LogP contribution >= 0.6 is 22.9 Å². The van der Waals surface area contributed by atoms with Gasteiger partial charge in [0.25, 0.3) is 0 Å². The number of primary sulfonamides is 1. The minimum absolute atomic E-state index is 0.0468. The highest BCUT2D eigenvalue weighted by Crippen LogP contribution is 2.33. The molecule has 1 aromatic carbocycles. The number of benzene rings is 1. The number of rotatable bonds is 2. The van der Waals surface area contributed by atoms with E-state index in [1.807, 2.05) is 0 Å². The van der Waals surface area contributed by atoms with Crippen molar-refractivity contribution in [1.29, 1.82) is 0 Å². The molecule has 0 radical (unpaired) electrons. The Kier molecular flexibility index (Phi) is 3.20. The number of hydrogen-bond donors (Lipinski definition) is 1. The van der Waals surface area contributed by atoms with Gasteiger partial charge in [-0.15, -0.1) is 0 Å². The van der Waals surface area contributed by atoms with Crippen LogP contribution in [0, 0.1) is 0 Å². The van der Waals surface area contributed by atoms with Gasteiger partial charge in [-0.1, -0.05) is 22.9 Å². The third kappa shape index (κ3) is 2.39. The number of fused-ring (bicyclic) bond motifs is 1. The molecule has 1 unspecified atom stereocenters. The van der Waals surface area contributed by atoms with Crippen LogP contribution in [0.25, 0.3) is 10.2 Å². The first kappa shape index (κ1) is 13.7. The highest BCUT2D eigenvalue weighted by molar-refractivity contribution is 7.89. The van der Waals surface area contributed by atoms with Gasteiger partial charge in [-0.25, -0.2) is 18.5 Å². The van der Waals surface area contributed by atoms with Crippen LogP contribution in [-0.2, 0) is 14.8 Å². The predicted octanol–water partition coefficient (Wildman–Crippen LogP) is 1.34. The molecule has 1 saturated heterocycles. The number of anilines is 1. The summed E-state index contributed by atoms with van der Waals surface area (Å²) in [4.78, 5) is 17.6. The molecule has 0 spiro atoms. The summed E-state index contributed by atoms with van der Waals surface area (Å²) < 4.78 is 23.5. The van der Waals surface area contributed by atoms with Crippen LogP contribution in [0.5, 0.6) is 0 Å². The van der Waals surface area contributed by atoms with E-state index in [0.717, 1.165) is 10.2 Å². The van der Waals surface area contributed by atoms with E-state index in [2.05, 4.69) is 4.98 Å². The number of sulfonamides is 1. The Bertz CT molecular complexity index is 802. The Morgan fingerprint density at radius 2 is 2.20 bits per heavy atom. The molecule has 1 aliphatic rings. The summed E-state index contributed by atoms with van der Waals surface area (Å²) in [5.74, 6) is -0.283. The first-order valence-electron chi connectivity index (χ1n) is 5.72. The number of halogens is 1. The van der Waals surface area contributed by atoms with Crippen molar-refractivity contribution in [1.82, 2.24) is 4.98 Å². The molecule has 2 N–H and O–H groups in total. The van der Waals surface area contributed by atoms with Crippen LogP contribution in [0.15, 0.2) is 18.2 Å². The number of nitrogens with zero attached hydrogens (tertiary/aromatic N) is 2. The monoisotopic (exact) mass is 331 g/mol. The van der Waals surface area contributed by atoms with E-state index in [4.69, 9.17) is 16.7 Å². The molecule has 20 heavy (non-hydrogen) atoms. The zero-order valence-corrected chi connectivity index (χ0v) is 12.5. The molecule has 0 bridgehead atoms. The standard InChI is InChI=1S/C11H10ClN3O3S2/c12-6-1-2-8-9(3-6)19-11(14-8)15-5-7(4-10(15)16)20(13,17)18/h1-3,7H,4-5H2,(H2,13,17,18). The maximum absolute atomic E-state index is 11.9. The topological polar surface area (TPSA) is 93.4 Å². The van der Waals surface area contributed by atoms with Gasteiger partial charge < -0.3 is 0 Å². The number of carbonyl (C=O) groups is 1. The number of carbonyl (C=O) groups excluding carboxylic acids is 1. The lowest BCUT2D eigenvalue weighted by Crippen LogP contribution is -2.32. The number of thiazole rings is 1. The number of hydrogen-bond acceptors (Lipinski definition) is 5. The van der Waals surface area contributed by atoms with Crippen molar-refractivity contribution in [2.45, 2.75) is 11.7 Å². The summed E-state index contributed by atoms with van der Waals surface area (Å²) >= 11 is 7.20. The van der Waals surface area contributed by atoms with Gasteiger partial charge in [0.15, 0.2) is 5.13 Å². The van der Waals surface area contributed by atoms with E-state index in [-0.39, 0.29) is 18.9 Å². The summed E-state index contributed by atoms with van der Waals surface area (Å²) in [7, 11) is -3.72. The Morgan fingerprint density at radius 1 is 1.45 bits per heavy atom. The van der Waals surface area contributed by atoms with Crippen LogP contribution < -0.4 is 10.0 Å². The second kappa shape index (κ2) is 4.66. The Morgan fingerprint density at radius 3 is 2.85 bits per heavy atom. The molecular weight excluding hydrogens is 322 g/mol. The molecule has 1 aromatic heterocycles. The predicted molar refractivity (Wildman–Crippen MR) is 78.5 cm³/mol. The van der Waals surface area contributed by atoms with Gasteiger partial charge in [0.2, 0.25) is 15.9 Å². The van der Waals surface area contributed by atoms with E-state index in [1.165, 1.54) is 16.2 Å². The highest BCUT2D eigenvalue weighted by Gasteiger charge is 2.38. The van der Waals surface area contributed by atoms with Gasteiger partial charge >= 0.3 is 0 Å². The smallest absolute Gasteiger partial charge is 0.230 e. The largest absolute Gasteiger partial charge is 0.287 e. The molecule has 1 amide bonds. The second-order valence-electron chi connectivity index (χ2n) is 4.53. The van der Waals surface area contributed by atoms with Gasteiger partial charge in [-0.05, 0) is 18.2 Å². The van der Waals surface area contributed by atoms with Crippen molar-refractivity contribution in [3.63, 3.8) is 0 Å². The molecule has 1 fully saturated rings. The van der Waals surface area contributed by atoms with Crippen molar-refractivity contribution in [3.05, 3.63) is 23.2 Å². The Balaban J connectivity index is 1.97. The fraction of sp³-hybridized carbons (Fsp3) is 0.273. The zero-order chi connectivity index (χ0) is 14.5. The summed E-state index contributed by atoms with van der Waals surface area (Å²) in [6.45, 7) is 0.0468. The van der Waals surface area contributed by atoms with Crippen molar-refractivity contribution in [3.8, 4) is 0 Å². The third-order valence-corrected chi connectivity index (χ3v) is 5.65. The lowest BCUT2D eigenvalue weighted by atomic mass is 10.3. The molecule has 1 aliphatic heterocycles. The summed E-state index contributed by atoms with van der Waals surface area (Å²) in [5, 5.41) is 5.28. The van der Waals surface area contributed by atoms with Gasteiger partial charge in [0.05, 0.1) is 10.2 Å².